The van der Waals surface area contributed by atoms with Crippen LogP contribution in [0.5, 0.6) is 0 Å². The third-order valence-corrected chi connectivity index (χ3v) is 1.78. The quantitative estimate of drug-likeness (QED) is 0.565. The molecule has 6 heteroatoms. The number of rotatable bonds is 3. The predicted molar refractivity (Wildman–Crippen MR) is 40.4 cm³/mol. The van der Waals surface area contributed by atoms with Gasteiger partial charge in [-0.3, -0.25) is 0 Å². The lowest BCUT2D eigenvalue weighted by Gasteiger charge is -1.99. The fraction of sp³-hybridized carbons (Fsp3) is 0.167. The Hall–Kier alpha value is -1.17. The van der Waals surface area contributed by atoms with Crippen LogP contribution in [-0.2, 0) is 4.79 Å². The van der Waals surface area contributed by atoms with Crippen LogP contribution in [0.4, 0.5) is 4.39 Å². The number of carbonyl (C=O) groups is 1. The summed E-state index contributed by atoms with van der Waals surface area (Å²) in [4.78, 5) is 17.4. The zero-order valence-corrected chi connectivity index (χ0v) is 6.66. The maximum absolute atomic E-state index is 12.5. The van der Waals surface area contributed by atoms with Gasteiger partial charge in [0.2, 0.25) is 5.50 Å². The van der Waals surface area contributed by atoms with Crippen molar-refractivity contribution in [2.75, 3.05) is 0 Å². The fourth-order valence-corrected chi connectivity index (χ4v) is 1.02. The van der Waals surface area contributed by atoms with Gasteiger partial charge in [0.1, 0.15) is 0 Å². The molecule has 0 aliphatic rings. The molecule has 0 saturated heterocycles. The highest BCUT2D eigenvalue weighted by molar-refractivity contribution is 8.00. The number of halogens is 1. The van der Waals surface area contributed by atoms with Crippen LogP contribution < -0.4 is 0 Å². The summed E-state index contributed by atoms with van der Waals surface area (Å²) in [7, 11) is 0. The molecular formula is C6H5FN2O2S. The average Bonchev–Trinajstić information content (AvgIpc) is 2.06. The second-order valence-electron chi connectivity index (χ2n) is 1.80. The molecule has 0 saturated carbocycles. The summed E-state index contributed by atoms with van der Waals surface area (Å²) >= 11 is 0.463. The molecule has 0 spiro atoms. The van der Waals surface area contributed by atoms with Crippen molar-refractivity contribution in [1.82, 2.24) is 9.97 Å². The predicted octanol–water partition coefficient (Wildman–Crippen LogP) is 0.949. The van der Waals surface area contributed by atoms with E-state index in [2.05, 4.69) is 9.97 Å². The van der Waals surface area contributed by atoms with E-state index < -0.39 is 11.5 Å². The van der Waals surface area contributed by atoms with Gasteiger partial charge in [0, 0.05) is 12.4 Å². The summed E-state index contributed by atoms with van der Waals surface area (Å²) in [6.07, 6.45) is 2.84. The average molecular weight is 188 g/mol. The number of carboxylic acid groups (broad SMARTS) is 1. The molecule has 0 aromatic carbocycles. The van der Waals surface area contributed by atoms with E-state index in [1.165, 1.54) is 12.4 Å². The third kappa shape index (κ3) is 2.46. The molecule has 0 amide bonds. The van der Waals surface area contributed by atoms with E-state index in [9.17, 15) is 9.18 Å². The summed E-state index contributed by atoms with van der Waals surface area (Å²) in [5.41, 5.74) is -2.01. The van der Waals surface area contributed by atoms with Crippen LogP contribution in [-0.4, -0.2) is 26.5 Å². The van der Waals surface area contributed by atoms with Crippen LogP contribution in [0, 0.1) is 0 Å². The highest BCUT2D eigenvalue weighted by Gasteiger charge is 2.18. The van der Waals surface area contributed by atoms with Crippen molar-refractivity contribution in [3.8, 4) is 0 Å². The minimum atomic E-state index is -2.01. The standard InChI is InChI=1S/C6H5FN2O2S/c7-4(5(10)11)12-6-8-2-1-3-9-6/h1-4H,(H,10,11). The summed E-state index contributed by atoms with van der Waals surface area (Å²) in [6.45, 7) is 0. The zero-order chi connectivity index (χ0) is 8.97. The number of nitrogens with zero attached hydrogens (tertiary/aromatic N) is 2. The molecule has 1 aromatic heterocycles. The van der Waals surface area contributed by atoms with Gasteiger partial charge in [0.05, 0.1) is 0 Å². The molecule has 0 bridgehead atoms. The topological polar surface area (TPSA) is 63.1 Å². The Balaban J connectivity index is 2.58. The van der Waals surface area contributed by atoms with Crippen molar-refractivity contribution in [2.24, 2.45) is 0 Å². The summed E-state index contributed by atoms with van der Waals surface area (Å²) in [5.74, 6) is -1.52. The molecule has 1 heterocycles. The van der Waals surface area contributed by atoms with E-state index in [0.29, 0.717) is 11.8 Å². The molecule has 64 valence electrons. The Kier molecular flexibility index (Phi) is 2.98. The number of hydrogen-bond acceptors (Lipinski definition) is 4. The zero-order valence-electron chi connectivity index (χ0n) is 5.85. The van der Waals surface area contributed by atoms with Gasteiger partial charge < -0.3 is 5.11 Å². The van der Waals surface area contributed by atoms with Crippen LogP contribution in [0.2, 0.25) is 0 Å². The number of aromatic nitrogens is 2. The summed E-state index contributed by atoms with van der Waals surface area (Å²) in [6, 6.07) is 1.57. The van der Waals surface area contributed by atoms with E-state index in [0.717, 1.165) is 0 Å². The number of thioether (sulfide) groups is 1. The molecule has 12 heavy (non-hydrogen) atoms. The summed E-state index contributed by atoms with van der Waals surface area (Å²) in [5, 5.41) is 8.31. The minimum absolute atomic E-state index is 0.118. The molecule has 1 rings (SSSR count). The number of alkyl halides is 1. The van der Waals surface area contributed by atoms with Crippen molar-refractivity contribution >= 4 is 17.7 Å². The molecule has 0 radical (unpaired) electrons. The van der Waals surface area contributed by atoms with Gasteiger partial charge in [-0.1, -0.05) is 0 Å². The molecule has 1 unspecified atom stereocenters. The maximum Gasteiger partial charge on any atom is 0.349 e. The molecule has 0 aliphatic carbocycles. The Morgan fingerprint density at radius 3 is 2.67 bits per heavy atom. The number of aliphatic carboxylic acids is 1. The third-order valence-electron chi connectivity index (χ3n) is 0.945. The lowest BCUT2D eigenvalue weighted by molar-refractivity contribution is -0.139. The smallest absolute Gasteiger partial charge is 0.349 e. The van der Waals surface area contributed by atoms with Crippen molar-refractivity contribution < 1.29 is 14.3 Å². The summed E-state index contributed by atoms with van der Waals surface area (Å²) < 4.78 is 12.5. The second-order valence-corrected chi connectivity index (χ2v) is 2.82. The Morgan fingerprint density at radius 1 is 1.58 bits per heavy atom. The first-order valence-electron chi connectivity index (χ1n) is 3.00. The monoisotopic (exact) mass is 188 g/mol. The molecule has 1 atom stereocenters. The Morgan fingerprint density at radius 2 is 2.17 bits per heavy atom. The molecule has 1 N–H and O–H groups in total. The van der Waals surface area contributed by atoms with Crippen LogP contribution in [0.15, 0.2) is 23.6 Å². The van der Waals surface area contributed by atoms with E-state index in [1.54, 1.807) is 6.07 Å². The minimum Gasteiger partial charge on any atom is -0.478 e. The van der Waals surface area contributed by atoms with E-state index in [4.69, 9.17) is 5.11 Å². The van der Waals surface area contributed by atoms with Gasteiger partial charge in [0.15, 0.2) is 5.16 Å². The molecule has 1 aromatic rings. The number of carboxylic acids is 1. The van der Waals surface area contributed by atoms with Crippen molar-refractivity contribution in [1.29, 1.82) is 0 Å². The molecular weight excluding hydrogens is 183 g/mol. The van der Waals surface area contributed by atoms with Crippen LogP contribution in [0.1, 0.15) is 0 Å². The van der Waals surface area contributed by atoms with Gasteiger partial charge in [-0.05, 0) is 17.8 Å². The van der Waals surface area contributed by atoms with Gasteiger partial charge in [-0.2, -0.15) is 0 Å². The Bertz CT molecular complexity index is 270. The number of hydrogen-bond donors (Lipinski definition) is 1. The lowest BCUT2D eigenvalue weighted by atomic mass is 10.7. The van der Waals surface area contributed by atoms with Gasteiger partial charge in [-0.15, -0.1) is 0 Å². The van der Waals surface area contributed by atoms with Gasteiger partial charge in [0.25, 0.3) is 0 Å². The van der Waals surface area contributed by atoms with Gasteiger partial charge in [-0.25, -0.2) is 19.2 Å². The van der Waals surface area contributed by atoms with Crippen LogP contribution in [0.25, 0.3) is 0 Å². The lowest BCUT2D eigenvalue weighted by Crippen LogP contribution is -2.10. The van der Waals surface area contributed by atoms with Crippen molar-refractivity contribution in [3.63, 3.8) is 0 Å². The van der Waals surface area contributed by atoms with E-state index in [1.807, 2.05) is 0 Å². The fourth-order valence-electron chi connectivity index (χ4n) is 0.489. The van der Waals surface area contributed by atoms with Crippen molar-refractivity contribution in [2.45, 2.75) is 10.7 Å². The van der Waals surface area contributed by atoms with E-state index in [-0.39, 0.29) is 5.16 Å². The largest absolute Gasteiger partial charge is 0.478 e. The molecule has 4 nitrogen and oxygen atoms in total. The highest BCUT2D eigenvalue weighted by Crippen LogP contribution is 2.19. The molecule has 0 aliphatic heterocycles. The van der Waals surface area contributed by atoms with E-state index >= 15 is 0 Å². The Labute approximate surface area is 71.8 Å². The first-order chi connectivity index (χ1) is 5.70. The first-order valence-corrected chi connectivity index (χ1v) is 3.88. The highest BCUT2D eigenvalue weighted by atomic mass is 32.2. The van der Waals surface area contributed by atoms with Crippen LogP contribution >= 0.6 is 11.8 Å². The second kappa shape index (κ2) is 4.01. The molecule has 0 fully saturated rings. The van der Waals surface area contributed by atoms with Crippen molar-refractivity contribution in [3.05, 3.63) is 18.5 Å². The maximum atomic E-state index is 12.5. The normalized spacial score (nSPS) is 12.4. The van der Waals surface area contributed by atoms with Gasteiger partial charge >= 0.3 is 5.97 Å². The SMILES string of the molecule is O=C(O)C(F)Sc1ncccn1. The van der Waals surface area contributed by atoms with Crippen LogP contribution in [0.3, 0.4) is 0 Å². The first kappa shape index (κ1) is 8.92.